The number of aromatic nitrogens is 2. The van der Waals surface area contributed by atoms with Crippen LogP contribution in [-0.2, 0) is 7.05 Å². The first-order valence-corrected chi connectivity index (χ1v) is 5.52. The van der Waals surface area contributed by atoms with Crippen molar-refractivity contribution >= 4 is 5.69 Å². The van der Waals surface area contributed by atoms with Crippen molar-refractivity contribution in [3.05, 3.63) is 5.69 Å². The topological polar surface area (TPSA) is 42.3 Å². The van der Waals surface area contributed by atoms with E-state index in [0.717, 1.165) is 36.8 Å². The van der Waals surface area contributed by atoms with Gasteiger partial charge in [-0.15, -0.1) is 0 Å². The molecule has 0 amide bonds. The summed E-state index contributed by atoms with van der Waals surface area (Å²) in [6, 6.07) is 0. The molecule has 1 aromatic rings. The first-order chi connectivity index (χ1) is 7.56. The van der Waals surface area contributed by atoms with Crippen molar-refractivity contribution in [2.75, 3.05) is 39.6 Å². The van der Waals surface area contributed by atoms with E-state index in [9.17, 15) is 0 Å². The van der Waals surface area contributed by atoms with Crippen LogP contribution in [0, 0.1) is 6.92 Å². The van der Waals surface area contributed by atoms with Crippen molar-refractivity contribution in [3.8, 4) is 5.88 Å². The van der Waals surface area contributed by atoms with Gasteiger partial charge < -0.3 is 15.0 Å². The molecule has 92 valence electrons. The molecule has 0 aliphatic rings. The number of anilines is 1. The summed E-state index contributed by atoms with van der Waals surface area (Å²) in [4.78, 5) is 2.18. The van der Waals surface area contributed by atoms with Crippen LogP contribution in [0.15, 0.2) is 0 Å². The van der Waals surface area contributed by atoms with Gasteiger partial charge in [0.1, 0.15) is 5.69 Å². The van der Waals surface area contributed by atoms with Crippen molar-refractivity contribution in [3.63, 3.8) is 0 Å². The monoisotopic (exact) mass is 226 g/mol. The number of ether oxygens (including phenoxy) is 1. The maximum absolute atomic E-state index is 5.30. The van der Waals surface area contributed by atoms with Gasteiger partial charge in [-0.25, -0.2) is 4.68 Å². The van der Waals surface area contributed by atoms with Crippen molar-refractivity contribution < 1.29 is 4.74 Å². The normalized spacial score (nSPS) is 10.9. The Bertz CT molecular complexity index is 333. The molecule has 0 unspecified atom stereocenters. The Hall–Kier alpha value is -1.23. The molecule has 0 atom stereocenters. The van der Waals surface area contributed by atoms with Gasteiger partial charge in [0.15, 0.2) is 0 Å². The first-order valence-electron chi connectivity index (χ1n) is 5.52. The van der Waals surface area contributed by atoms with Gasteiger partial charge in [0.2, 0.25) is 5.88 Å². The summed E-state index contributed by atoms with van der Waals surface area (Å²) in [5, 5.41) is 7.69. The van der Waals surface area contributed by atoms with E-state index < -0.39 is 0 Å². The first kappa shape index (κ1) is 12.8. The quantitative estimate of drug-likeness (QED) is 0.738. The number of nitrogens with one attached hydrogen (secondary N) is 1. The Labute approximate surface area is 97.4 Å². The number of hydrogen-bond acceptors (Lipinski definition) is 4. The highest BCUT2D eigenvalue weighted by Crippen LogP contribution is 2.26. The summed E-state index contributed by atoms with van der Waals surface area (Å²) < 4.78 is 7.06. The van der Waals surface area contributed by atoms with Crippen LogP contribution < -0.4 is 10.1 Å². The van der Waals surface area contributed by atoms with E-state index in [-0.39, 0.29) is 0 Å². The third-order valence-corrected chi connectivity index (χ3v) is 2.45. The van der Waals surface area contributed by atoms with E-state index in [1.165, 1.54) is 0 Å². The van der Waals surface area contributed by atoms with Gasteiger partial charge in [-0.1, -0.05) is 0 Å². The lowest BCUT2D eigenvalue weighted by molar-refractivity contribution is 0.374. The summed E-state index contributed by atoms with van der Waals surface area (Å²) in [7, 11) is 7.71. The molecular weight excluding hydrogens is 204 g/mol. The Morgan fingerprint density at radius 3 is 2.69 bits per heavy atom. The molecule has 0 aliphatic heterocycles. The van der Waals surface area contributed by atoms with E-state index in [0.29, 0.717) is 0 Å². The number of nitrogens with zero attached hydrogens (tertiary/aromatic N) is 3. The molecule has 1 aromatic heterocycles. The summed E-state index contributed by atoms with van der Waals surface area (Å²) >= 11 is 0. The maximum Gasteiger partial charge on any atom is 0.235 e. The smallest absolute Gasteiger partial charge is 0.235 e. The zero-order chi connectivity index (χ0) is 12.1. The lowest BCUT2D eigenvalue weighted by atomic mass is 10.3. The molecular formula is C11H22N4O. The van der Waals surface area contributed by atoms with Crippen LogP contribution in [0.4, 0.5) is 5.69 Å². The van der Waals surface area contributed by atoms with Crippen LogP contribution in [0.1, 0.15) is 12.1 Å². The minimum absolute atomic E-state index is 0.794. The third kappa shape index (κ3) is 3.13. The van der Waals surface area contributed by atoms with E-state index in [1.54, 1.807) is 11.8 Å². The fraction of sp³-hybridized carbons (Fsp3) is 0.727. The lowest BCUT2D eigenvalue weighted by Crippen LogP contribution is -2.16. The van der Waals surface area contributed by atoms with Gasteiger partial charge in [0, 0.05) is 13.6 Å². The molecule has 1 heterocycles. The minimum atomic E-state index is 0.794. The summed E-state index contributed by atoms with van der Waals surface area (Å²) in [6.07, 6.45) is 1.10. The average molecular weight is 226 g/mol. The Balaban J connectivity index is 2.53. The standard InChI is InChI=1S/C11H22N4O/c1-9-10(11(16-5)15(4)13-9)12-7-6-8-14(2)3/h12H,6-8H2,1-5H3. The van der Waals surface area contributed by atoms with E-state index in [1.807, 2.05) is 14.0 Å². The van der Waals surface area contributed by atoms with E-state index in [4.69, 9.17) is 4.74 Å². The Kier molecular flexibility index (Phi) is 4.61. The third-order valence-electron chi connectivity index (χ3n) is 2.45. The fourth-order valence-electron chi connectivity index (χ4n) is 1.68. The highest BCUT2D eigenvalue weighted by atomic mass is 16.5. The molecule has 5 nitrogen and oxygen atoms in total. The van der Waals surface area contributed by atoms with Gasteiger partial charge in [-0.2, -0.15) is 5.10 Å². The second-order valence-corrected chi connectivity index (χ2v) is 4.18. The molecule has 5 heteroatoms. The fourth-order valence-corrected chi connectivity index (χ4v) is 1.68. The van der Waals surface area contributed by atoms with Gasteiger partial charge in [0.05, 0.1) is 12.8 Å². The van der Waals surface area contributed by atoms with Crippen LogP contribution >= 0.6 is 0 Å². The molecule has 0 fully saturated rings. The van der Waals surface area contributed by atoms with Gasteiger partial charge in [-0.3, -0.25) is 0 Å². The molecule has 16 heavy (non-hydrogen) atoms. The predicted octanol–water partition coefficient (Wildman–Crippen LogP) is 1.10. The molecule has 0 radical (unpaired) electrons. The second-order valence-electron chi connectivity index (χ2n) is 4.18. The Morgan fingerprint density at radius 1 is 1.44 bits per heavy atom. The molecule has 0 spiro atoms. The summed E-state index contributed by atoms with van der Waals surface area (Å²) in [5.74, 6) is 0.794. The zero-order valence-corrected chi connectivity index (χ0v) is 10.9. The van der Waals surface area contributed by atoms with Crippen LogP contribution in [0.2, 0.25) is 0 Å². The number of aryl methyl sites for hydroxylation is 2. The van der Waals surface area contributed by atoms with Gasteiger partial charge in [0.25, 0.3) is 0 Å². The number of rotatable bonds is 6. The summed E-state index contributed by atoms with van der Waals surface area (Å²) in [6.45, 7) is 3.99. The molecule has 0 aliphatic carbocycles. The molecule has 0 aromatic carbocycles. The molecule has 1 N–H and O–H groups in total. The maximum atomic E-state index is 5.30. The largest absolute Gasteiger partial charge is 0.480 e. The molecule has 0 bridgehead atoms. The van der Waals surface area contributed by atoms with Crippen LogP contribution in [0.3, 0.4) is 0 Å². The average Bonchev–Trinajstić information content (AvgIpc) is 2.47. The lowest BCUT2D eigenvalue weighted by Gasteiger charge is -2.11. The highest BCUT2D eigenvalue weighted by molar-refractivity contribution is 5.56. The van der Waals surface area contributed by atoms with Crippen molar-refractivity contribution in [2.24, 2.45) is 7.05 Å². The predicted molar refractivity (Wildman–Crippen MR) is 66.2 cm³/mol. The highest BCUT2D eigenvalue weighted by Gasteiger charge is 2.12. The van der Waals surface area contributed by atoms with Crippen molar-refractivity contribution in [1.29, 1.82) is 0 Å². The van der Waals surface area contributed by atoms with Gasteiger partial charge in [-0.05, 0) is 34.0 Å². The van der Waals surface area contributed by atoms with Crippen molar-refractivity contribution in [2.45, 2.75) is 13.3 Å². The van der Waals surface area contributed by atoms with Crippen LogP contribution in [0.5, 0.6) is 5.88 Å². The molecule has 0 saturated heterocycles. The van der Waals surface area contributed by atoms with Gasteiger partial charge >= 0.3 is 0 Å². The number of methoxy groups -OCH3 is 1. The number of hydrogen-bond donors (Lipinski definition) is 1. The van der Waals surface area contributed by atoms with E-state index >= 15 is 0 Å². The minimum Gasteiger partial charge on any atom is -0.480 e. The second kappa shape index (κ2) is 5.75. The summed E-state index contributed by atoms with van der Waals surface area (Å²) in [5.41, 5.74) is 1.98. The molecule has 0 saturated carbocycles. The van der Waals surface area contributed by atoms with Crippen LogP contribution in [-0.4, -0.2) is 49.0 Å². The van der Waals surface area contributed by atoms with Crippen molar-refractivity contribution in [1.82, 2.24) is 14.7 Å². The van der Waals surface area contributed by atoms with Crippen LogP contribution in [0.25, 0.3) is 0 Å². The SMILES string of the molecule is COc1c(NCCCN(C)C)c(C)nn1C. The Morgan fingerprint density at radius 2 is 2.12 bits per heavy atom. The molecule has 1 rings (SSSR count). The zero-order valence-electron chi connectivity index (χ0n) is 10.9. The van der Waals surface area contributed by atoms with E-state index in [2.05, 4.69) is 29.4 Å².